The van der Waals surface area contributed by atoms with E-state index in [1.165, 1.54) is 0 Å². The molecule has 0 spiro atoms. The zero-order valence-corrected chi connectivity index (χ0v) is 11.3. The molecule has 4 heteroatoms. The van der Waals surface area contributed by atoms with Crippen molar-refractivity contribution in [3.8, 4) is 5.75 Å². The number of carbonyl (C=O) groups is 1. The predicted octanol–water partition coefficient (Wildman–Crippen LogP) is 2.81. The lowest BCUT2D eigenvalue weighted by Crippen LogP contribution is -2.37. The van der Waals surface area contributed by atoms with Crippen LogP contribution in [0.15, 0.2) is 18.2 Å². The highest BCUT2D eigenvalue weighted by molar-refractivity contribution is 6.30. The van der Waals surface area contributed by atoms with Gasteiger partial charge in [-0.2, -0.15) is 0 Å². The molecule has 0 radical (unpaired) electrons. The zero-order chi connectivity index (χ0) is 13.0. The Kier molecular flexibility index (Phi) is 4.48. The molecule has 1 aromatic carbocycles. The number of nitrogens with one attached hydrogen (secondary N) is 1. The summed E-state index contributed by atoms with van der Waals surface area (Å²) in [4.78, 5) is 11.9. The molecule has 0 saturated carbocycles. The van der Waals surface area contributed by atoms with Gasteiger partial charge in [0.2, 0.25) is 5.91 Å². The number of amides is 1. The molecule has 0 aliphatic carbocycles. The molecule has 98 valence electrons. The van der Waals surface area contributed by atoms with Crippen molar-refractivity contribution in [2.75, 3.05) is 13.2 Å². The molecule has 0 aromatic heterocycles. The number of unbranched alkanes of at least 4 members (excludes halogenated alkanes) is 1. The van der Waals surface area contributed by atoms with Crippen LogP contribution in [0.5, 0.6) is 5.75 Å². The van der Waals surface area contributed by atoms with Crippen LogP contribution in [0.1, 0.15) is 25.3 Å². The van der Waals surface area contributed by atoms with E-state index in [1.807, 2.05) is 18.2 Å². The van der Waals surface area contributed by atoms with Crippen molar-refractivity contribution in [1.29, 1.82) is 0 Å². The lowest BCUT2D eigenvalue weighted by Gasteiger charge is -2.24. The van der Waals surface area contributed by atoms with Crippen LogP contribution in [-0.4, -0.2) is 19.1 Å². The van der Waals surface area contributed by atoms with Gasteiger partial charge in [0.1, 0.15) is 12.4 Å². The largest absolute Gasteiger partial charge is 0.492 e. The average molecular weight is 268 g/mol. The quantitative estimate of drug-likeness (QED) is 0.852. The lowest BCUT2D eigenvalue weighted by atomic mass is 9.96. The van der Waals surface area contributed by atoms with E-state index in [2.05, 4.69) is 12.2 Å². The molecule has 0 bridgehead atoms. The Morgan fingerprint density at radius 1 is 1.56 bits per heavy atom. The minimum absolute atomic E-state index is 0.0778. The first-order chi connectivity index (χ1) is 8.70. The summed E-state index contributed by atoms with van der Waals surface area (Å²) in [5.41, 5.74) is 1.02. The van der Waals surface area contributed by atoms with Gasteiger partial charge in [-0.3, -0.25) is 4.79 Å². The van der Waals surface area contributed by atoms with E-state index in [0.29, 0.717) is 18.1 Å². The number of hydrogen-bond donors (Lipinski definition) is 1. The maximum absolute atomic E-state index is 11.9. The highest BCUT2D eigenvalue weighted by Gasteiger charge is 2.25. The fourth-order valence-corrected chi connectivity index (χ4v) is 2.26. The SMILES string of the molecule is CCCCNC(=O)C1COc2ccc(Cl)cc2C1. The van der Waals surface area contributed by atoms with Gasteiger partial charge in [0.15, 0.2) is 0 Å². The van der Waals surface area contributed by atoms with Crippen LogP contribution in [-0.2, 0) is 11.2 Å². The highest BCUT2D eigenvalue weighted by atomic mass is 35.5. The summed E-state index contributed by atoms with van der Waals surface area (Å²) in [6.45, 7) is 3.30. The standard InChI is InChI=1S/C14H18ClNO2/c1-2-3-6-16-14(17)11-7-10-8-12(15)4-5-13(10)18-9-11/h4-5,8,11H,2-3,6-7,9H2,1H3,(H,16,17). The van der Waals surface area contributed by atoms with Crippen molar-refractivity contribution in [1.82, 2.24) is 5.32 Å². The number of rotatable bonds is 4. The summed E-state index contributed by atoms with van der Waals surface area (Å²) in [6, 6.07) is 5.55. The van der Waals surface area contributed by atoms with Crippen LogP contribution in [0, 0.1) is 5.92 Å². The number of halogens is 1. The summed E-state index contributed by atoms with van der Waals surface area (Å²) < 4.78 is 5.60. The van der Waals surface area contributed by atoms with Crippen molar-refractivity contribution < 1.29 is 9.53 Å². The highest BCUT2D eigenvalue weighted by Crippen LogP contribution is 2.29. The first kappa shape index (κ1) is 13.2. The van der Waals surface area contributed by atoms with Gasteiger partial charge in [-0.15, -0.1) is 0 Å². The van der Waals surface area contributed by atoms with Crippen LogP contribution in [0.4, 0.5) is 0 Å². The van der Waals surface area contributed by atoms with Crippen LogP contribution in [0.2, 0.25) is 5.02 Å². The molecule has 3 nitrogen and oxygen atoms in total. The molecular weight excluding hydrogens is 250 g/mol. The monoisotopic (exact) mass is 267 g/mol. The van der Waals surface area contributed by atoms with Gasteiger partial charge in [0, 0.05) is 11.6 Å². The molecule has 1 aliphatic heterocycles. The maximum atomic E-state index is 11.9. The normalized spacial score (nSPS) is 17.8. The number of benzene rings is 1. The minimum atomic E-state index is -0.104. The number of fused-ring (bicyclic) bond motifs is 1. The second-order valence-electron chi connectivity index (χ2n) is 4.61. The van der Waals surface area contributed by atoms with E-state index >= 15 is 0 Å². The smallest absolute Gasteiger partial charge is 0.226 e. The van der Waals surface area contributed by atoms with E-state index < -0.39 is 0 Å². The second kappa shape index (κ2) is 6.10. The summed E-state index contributed by atoms with van der Waals surface area (Å²) in [5, 5.41) is 3.63. The lowest BCUT2D eigenvalue weighted by molar-refractivity contribution is -0.126. The molecule has 1 amide bonds. The van der Waals surface area contributed by atoms with Crippen LogP contribution >= 0.6 is 11.6 Å². The van der Waals surface area contributed by atoms with Crippen molar-refractivity contribution in [2.24, 2.45) is 5.92 Å². The van der Waals surface area contributed by atoms with E-state index in [0.717, 1.165) is 30.7 Å². The van der Waals surface area contributed by atoms with Gasteiger partial charge in [0.25, 0.3) is 0 Å². The Morgan fingerprint density at radius 3 is 3.17 bits per heavy atom. The molecule has 1 aliphatic rings. The van der Waals surface area contributed by atoms with E-state index in [1.54, 1.807) is 0 Å². The van der Waals surface area contributed by atoms with Crippen LogP contribution < -0.4 is 10.1 Å². The summed E-state index contributed by atoms with van der Waals surface area (Å²) in [7, 11) is 0. The Labute approximate surface area is 112 Å². The fourth-order valence-electron chi connectivity index (χ4n) is 2.06. The van der Waals surface area contributed by atoms with Crippen molar-refractivity contribution in [3.63, 3.8) is 0 Å². The fraction of sp³-hybridized carbons (Fsp3) is 0.500. The van der Waals surface area contributed by atoms with E-state index in [4.69, 9.17) is 16.3 Å². The molecule has 0 saturated heterocycles. The Morgan fingerprint density at radius 2 is 2.39 bits per heavy atom. The summed E-state index contributed by atoms with van der Waals surface area (Å²) in [5.74, 6) is 0.818. The molecular formula is C14H18ClNO2. The van der Waals surface area contributed by atoms with Gasteiger partial charge in [-0.05, 0) is 36.6 Å². The number of ether oxygens (including phenoxy) is 1. The second-order valence-corrected chi connectivity index (χ2v) is 5.05. The van der Waals surface area contributed by atoms with Crippen molar-refractivity contribution in [3.05, 3.63) is 28.8 Å². The molecule has 18 heavy (non-hydrogen) atoms. The summed E-state index contributed by atoms with van der Waals surface area (Å²) in [6.07, 6.45) is 2.80. The van der Waals surface area contributed by atoms with Gasteiger partial charge in [-0.1, -0.05) is 24.9 Å². The average Bonchev–Trinajstić information content (AvgIpc) is 2.38. The third-order valence-corrected chi connectivity index (χ3v) is 3.36. The van der Waals surface area contributed by atoms with Crippen LogP contribution in [0.25, 0.3) is 0 Å². The maximum Gasteiger partial charge on any atom is 0.226 e. The first-order valence-corrected chi connectivity index (χ1v) is 6.77. The predicted molar refractivity (Wildman–Crippen MR) is 72.1 cm³/mol. The van der Waals surface area contributed by atoms with Gasteiger partial charge >= 0.3 is 0 Å². The Hall–Kier alpha value is -1.22. The number of hydrogen-bond acceptors (Lipinski definition) is 2. The van der Waals surface area contributed by atoms with Gasteiger partial charge in [0.05, 0.1) is 5.92 Å². The molecule has 1 N–H and O–H groups in total. The van der Waals surface area contributed by atoms with Gasteiger partial charge in [-0.25, -0.2) is 0 Å². The molecule has 2 rings (SSSR count). The van der Waals surface area contributed by atoms with Crippen LogP contribution in [0.3, 0.4) is 0 Å². The Balaban J connectivity index is 1.96. The number of carbonyl (C=O) groups excluding carboxylic acids is 1. The first-order valence-electron chi connectivity index (χ1n) is 6.39. The molecule has 1 unspecified atom stereocenters. The summed E-state index contributed by atoms with van der Waals surface area (Å²) >= 11 is 5.95. The molecule has 1 heterocycles. The van der Waals surface area contributed by atoms with E-state index in [9.17, 15) is 4.79 Å². The van der Waals surface area contributed by atoms with Crippen molar-refractivity contribution >= 4 is 17.5 Å². The molecule has 1 aromatic rings. The third kappa shape index (κ3) is 3.16. The third-order valence-electron chi connectivity index (χ3n) is 3.13. The minimum Gasteiger partial charge on any atom is -0.492 e. The Bertz CT molecular complexity index is 434. The van der Waals surface area contributed by atoms with Gasteiger partial charge < -0.3 is 10.1 Å². The van der Waals surface area contributed by atoms with Crippen molar-refractivity contribution in [2.45, 2.75) is 26.2 Å². The molecule has 0 fully saturated rings. The molecule has 1 atom stereocenters. The zero-order valence-electron chi connectivity index (χ0n) is 10.5. The topological polar surface area (TPSA) is 38.3 Å². The van der Waals surface area contributed by atoms with E-state index in [-0.39, 0.29) is 11.8 Å².